The number of piperazine rings is 1. The van der Waals surface area contributed by atoms with Gasteiger partial charge in [-0.2, -0.15) is 0 Å². The van der Waals surface area contributed by atoms with E-state index < -0.39 is 0 Å². The lowest BCUT2D eigenvalue weighted by Gasteiger charge is -2.36. The third-order valence-electron chi connectivity index (χ3n) is 4.72. The van der Waals surface area contributed by atoms with Crippen molar-refractivity contribution in [1.82, 2.24) is 20.2 Å². The molecule has 0 amide bonds. The van der Waals surface area contributed by atoms with E-state index in [4.69, 9.17) is 0 Å². The molecule has 1 fully saturated rings. The number of hydrogen-bond acceptors (Lipinski definition) is 3. The average Bonchev–Trinajstić information content (AvgIpc) is 2.90. The molecule has 1 aliphatic rings. The highest BCUT2D eigenvalue weighted by Crippen LogP contribution is 2.21. The molecule has 1 saturated heterocycles. The number of quaternary nitrogens is 2. The molecule has 0 radical (unpaired) electrons. The molecule has 2 N–H and O–H groups in total. The first kappa shape index (κ1) is 17.3. The first-order valence-electron chi connectivity index (χ1n) is 8.81. The van der Waals surface area contributed by atoms with Crippen molar-refractivity contribution in [3.05, 3.63) is 5.82 Å². The smallest absolute Gasteiger partial charge is 0.210 e. The molecule has 1 aliphatic heterocycles. The van der Waals surface area contributed by atoms with E-state index in [9.17, 15) is 0 Å². The van der Waals surface area contributed by atoms with Gasteiger partial charge in [0.05, 0.1) is 12.1 Å². The van der Waals surface area contributed by atoms with Gasteiger partial charge in [-0.1, -0.05) is 20.8 Å². The average molecular weight is 310 g/mol. The van der Waals surface area contributed by atoms with E-state index in [2.05, 4.69) is 57.1 Å². The van der Waals surface area contributed by atoms with E-state index in [0.29, 0.717) is 12.0 Å². The molecule has 0 bridgehead atoms. The Bertz CT molecular complexity index is 453. The molecule has 1 aromatic heterocycles. The summed E-state index contributed by atoms with van der Waals surface area (Å²) in [6.07, 6.45) is 1.28. The number of tetrazole rings is 1. The Morgan fingerprint density at radius 2 is 1.77 bits per heavy atom. The predicted octanol–water partition coefficient (Wildman–Crippen LogP) is -0.681. The summed E-state index contributed by atoms with van der Waals surface area (Å²) in [6, 6.07) is 0.386. The molecule has 0 saturated carbocycles. The van der Waals surface area contributed by atoms with Gasteiger partial charge in [0.15, 0.2) is 6.04 Å². The topological polar surface area (TPSA) is 52.5 Å². The van der Waals surface area contributed by atoms with E-state index in [1.807, 2.05) is 4.68 Å². The largest absolute Gasteiger partial charge is 0.326 e. The Kier molecular flexibility index (Phi) is 5.55. The van der Waals surface area contributed by atoms with Crippen molar-refractivity contribution < 1.29 is 9.80 Å². The maximum Gasteiger partial charge on any atom is 0.210 e. The standard InChI is InChI=1S/C16H32N6/c1-7-8-20-9-11-21(12-10-20)14(13(2)3)15-17-18-19-22(15)16(4,5)6/h13-14H,7-12H2,1-6H3/p+2/t14-/m0/s1. The van der Waals surface area contributed by atoms with E-state index in [0.717, 1.165) is 5.82 Å². The summed E-state index contributed by atoms with van der Waals surface area (Å²) in [7, 11) is 0. The lowest BCUT2D eigenvalue weighted by Crippen LogP contribution is -3.28. The second kappa shape index (κ2) is 7.04. The molecule has 0 aromatic carbocycles. The molecule has 0 unspecified atom stereocenters. The van der Waals surface area contributed by atoms with Crippen molar-refractivity contribution in [2.45, 2.75) is 59.5 Å². The van der Waals surface area contributed by atoms with Crippen LogP contribution in [-0.4, -0.2) is 52.9 Å². The van der Waals surface area contributed by atoms with Crippen LogP contribution in [0.5, 0.6) is 0 Å². The predicted molar refractivity (Wildman–Crippen MR) is 86.9 cm³/mol. The second-order valence-electron chi connectivity index (χ2n) is 8.00. The highest BCUT2D eigenvalue weighted by molar-refractivity contribution is 4.93. The molecule has 1 aromatic rings. The van der Waals surface area contributed by atoms with Gasteiger partial charge < -0.3 is 9.80 Å². The molecular weight excluding hydrogens is 276 g/mol. The van der Waals surface area contributed by atoms with Gasteiger partial charge in [-0.15, -0.1) is 5.10 Å². The molecule has 0 spiro atoms. The van der Waals surface area contributed by atoms with Gasteiger partial charge in [-0.05, 0) is 37.6 Å². The number of nitrogens with zero attached hydrogens (tertiary/aromatic N) is 4. The van der Waals surface area contributed by atoms with Gasteiger partial charge in [0.25, 0.3) is 0 Å². The number of hydrogen-bond donors (Lipinski definition) is 2. The van der Waals surface area contributed by atoms with Crippen LogP contribution < -0.4 is 9.80 Å². The van der Waals surface area contributed by atoms with Gasteiger partial charge >= 0.3 is 0 Å². The fourth-order valence-corrected chi connectivity index (χ4v) is 3.66. The lowest BCUT2D eigenvalue weighted by atomic mass is 9.99. The minimum absolute atomic E-state index is 0.0688. The SMILES string of the molecule is CCC[NH+]1CC[NH+]([C@H](c2nnnn2C(C)(C)C)C(C)C)CC1. The quantitative estimate of drug-likeness (QED) is 0.758. The molecule has 126 valence electrons. The first-order chi connectivity index (χ1) is 10.3. The highest BCUT2D eigenvalue weighted by atomic mass is 15.6. The van der Waals surface area contributed by atoms with E-state index in [1.54, 1.807) is 9.80 Å². The minimum Gasteiger partial charge on any atom is -0.326 e. The van der Waals surface area contributed by atoms with Crippen molar-refractivity contribution in [2.75, 3.05) is 32.7 Å². The van der Waals surface area contributed by atoms with Gasteiger partial charge in [0.1, 0.15) is 26.2 Å². The Balaban J connectivity index is 2.17. The first-order valence-corrected chi connectivity index (χ1v) is 8.81. The van der Waals surface area contributed by atoms with E-state index in [1.165, 1.54) is 39.1 Å². The third kappa shape index (κ3) is 3.84. The Labute approximate surface area is 134 Å². The number of rotatable bonds is 5. The van der Waals surface area contributed by atoms with Crippen LogP contribution in [0.3, 0.4) is 0 Å². The van der Waals surface area contributed by atoms with Gasteiger partial charge in [0.2, 0.25) is 5.82 Å². The summed E-state index contributed by atoms with van der Waals surface area (Å²) in [4.78, 5) is 3.40. The number of nitrogens with one attached hydrogen (secondary N) is 2. The van der Waals surface area contributed by atoms with Crippen molar-refractivity contribution in [3.63, 3.8) is 0 Å². The van der Waals surface area contributed by atoms with Gasteiger partial charge in [-0.25, -0.2) is 4.68 Å². The van der Waals surface area contributed by atoms with Crippen molar-refractivity contribution in [1.29, 1.82) is 0 Å². The maximum absolute atomic E-state index is 4.41. The molecular formula is C16H34N6+2. The molecule has 22 heavy (non-hydrogen) atoms. The van der Waals surface area contributed by atoms with Crippen LogP contribution in [0.15, 0.2) is 0 Å². The molecule has 6 nitrogen and oxygen atoms in total. The van der Waals surface area contributed by atoms with Crippen LogP contribution in [0, 0.1) is 5.92 Å². The monoisotopic (exact) mass is 310 g/mol. The summed E-state index contributed by atoms with van der Waals surface area (Å²) >= 11 is 0. The van der Waals surface area contributed by atoms with Gasteiger partial charge in [-0.3, -0.25) is 0 Å². The zero-order valence-corrected chi connectivity index (χ0v) is 15.2. The van der Waals surface area contributed by atoms with Crippen LogP contribution in [0.4, 0.5) is 0 Å². The van der Waals surface area contributed by atoms with E-state index in [-0.39, 0.29) is 5.54 Å². The van der Waals surface area contributed by atoms with E-state index >= 15 is 0 Å². The van der Waals surface area contributed by atoms with Crippen LogP contribution >= 0.6 is 0 Å². The third-order valence-corrected chi connectivity index (χ3v) is 4.72. The van der Waals surface area contributed by atoms with Crippen LogP contribution in [-0.2, 0) is 5.54 Å². The summed E-state index contributed by atoms with van der Waals surface area (Å²) in [5, 5.41) is 12.7. The van der Waals surface area contributed by atoms with Crippen molar-refractivity contribution in [3.8, 4) is 0 Å². The Hall–Kier alpha value is -1.01. The zero-order chi connectivity index (χ0) is 16.3. The normalized spacial score (nSPS) is 24.7. The fourth-order valence-electron chi connectivity index (χ4n) is 3.66. The number of aromatic nitrogens is 4. The Morgan fingerprint density at radius 1 is 1.14 bits per heavy atom. The summed E-state index contributed by atoms with van der Waals surface area (Å²) < 4.78 is 2.02. The van der Waals surface area contributed by atoms with Crippen molar-refractivity contribution in [2.24, 2.45) is 5.92 Å². The maximum atomic E-state index is 4.41. The summed E-state index contributed by atoms with van der Waals surface area (Å²) in [5.41, 5.74) is -0.0688. The highest BCUT2D eigenvalue weighted by Gasteiger charge is 2.37. The Morgan fingerprint density at radius 3 is 2.27 bits per heavy atom. The minimum atomic E-state index is -0.0688. The van der Waals surface area contributed by atoms with Gasteiger partial charge in [0, 0.05) is 5.92 Å². The zero-order valence-electron chi connectivity index (χ0n) is 15.2. The summed E-state index contributed by atoms with van der Waals surface area (Å²) in [5.74, 6) is 1.59. The molecule has 2 rings (SSSR count). The molecule has 1 atom stereocenters. The van der Waals surface area contributed by atoms with Crippen molar-refractivity contribution >= 4 is 0 Å². The summed E-state index contributed by atoms with van der Waals surface area (Å²) in [6.45, 7) is 19.7. The van der Waals surface area contributed by atoms with Crippen LogP contribution in [0.1, 0.15) is 59.8 Å². The molecule has 6 heteroatoms. The molecule has 2 heterocycles. The second-order valence-corrected chi connectivity index (χ2v) is 8.00. The lowest BCUT2D eigenvalue weighted by molar-refractivity contribution is -1.03. The fraction of sp³-hybridized carbons (Fsp3) is 0.938. The van der Waals surface area contributed by atoms with Crippen LogP contribution in [0.25, 0.3) is 0 Å². The molecule has 0 aliphatic carbocycles. The van der Waals surface area contributed by atoms with Crippen LogP contribution in [0.2, 0.25) is 0 Å².